The van der Waals surface area contributed by atoms with E-state index in [4.69, 9.17) is 19.2 Å². The first kappa shape index (κ1) is 25.0. The van der Waals surface area contributed by atoms with Gasteiger partial charge in [-0.1, -0.05) is 27.2 Å². The summed E-state index contributed by atoms with van der Waals surface area (Å²) in [5, 5.41) is 0. The largest absolute Gasteiger partial charge is 0.326 e. The van der Waals surface area contributed by atoms with Crippen molar-refractivity contribution in [2.75, 3.05) is 19.8 Å². The molecule has 0 aromatic rings. The van der Waals surface area contributed by atoms with Crippen molar-refractivity contribution in [1.29, 1.82) is 0 Å². The fourth-order valence-corrected chi connectivity index (χ4v) is 4.35. The third-order valence-corrected chi connectivity index (χ3v) is 6.32. The summed E-state index contributed by atoms with van der Waals surface area (Å²) in [6.45, 7) is 14.5. The first-order valence-electron chi connectivity index (χ1n) is 11.3. The molecule has 172 valence electrons. The Morgan fingerprint density at radius 3 is 2.10 bits per heavy atom. The molecule has 2 amide bonds. The topological polar surface area (TPSA) is 74.3 Å². The summed E-state index contributed by atoms with van der Waals surface area (Å²) < 4.78 is 11.7. The maximum absolute atomic E-state index is 12.4. The van der Waals surface area contributed by atoms with Crippen molar-refractivity contribution in [2.24, 2.45) is 17.8 Å². The summed E-state index contributed by atoms with van der Waals surface area (Å²) in [5.41, 5.74) is 0.957. The fourth-order valence-electron chi connectivity index (χ4n) is 4.35. The van der Waals surface area contributed by atoms with E-state index in [1.54, 1.807) is 13.8 Å². The number of carbonyl (C=O) groups is 2. The second-order valence-electron chi connectivity index (χ2n) is 8.86. The number of rotatable bonds is 11. The molecule has 0 aromatic heterocycles. The quantitative estimate of drug-likeness (QED) is 0.214. The van der Waals surface area contributed by atoms with Gasteiger partial charge in [0.05, 0.1) is 12.5 Å². The summed E-state index contributed by atoms with van der Waals surface area (Å²) in [7, 11) is 0. The first-order chi connectivity index (χ1) is 14.2. The minimum absolute atomic E-state index is 0.0461. The highest BCUT2D eigenvalue weighted by Gasteiger charge is 2.41. The lowest BCUT2D eigenvalue weighted by atomic mass is 9.75. The highest BCUT2D eigenvalue weighted by atomic mass is 17.3. The van der Waals surface area contributed by atoms with E-state index in [0.29, 0.717) is 42.1 Å². The maximum atomic E-state index is 12.4. The Bertz CT molecular complexity index is 614. The Labute approximate surface area is 181 Å². The minimum Gasteiger partial charge on any atom is -0.326 e. The van der Waals surface area contributed by atoms with E-state index >= 15 is 0 Å². The molecule has 1 saturated carbocycles. The number of hydrogen-bond donors (Lipinski definition) is 0. The van der Waals surface area contributed by atoms with Crippen LogP contribution in [0.3, 0.4) is 0 Å². The molecule has 2 rings (SSSR count). The van der Waals surface area contributed by atoms with Gasteiger partial charge in [0.25, 0.3) is 11.8 Å². The van der Waals surface area contributed by atoms with Gasteiger partial charge in [0.2, 0.25) is 0 Å². The van der Waals surface area contributed by atoms with Crippen LogP contribution in [-0.4, -0.2) is 48.5 Å². The lowest BCUT2D eigenvalue weighted by Gasteiger charge is -2.39. The maximum Gasteiger partial charge on any atom is 0.313 e. The van der Waals surface area contributed by atoms with Crippen LogP contribution < -0.4 is 0 Å². The molecule has 1 fully saturated rings. The van der Waals surface area contributed by atoms with Gasteiger partial charge in [-0.25, -0.2) is 4.89 Å². The smallest absolute Gasteiger partial charge is 0.313 e. The molecule has 0 N–H and O–H groups in total. The minimum atomic E-state index is -1.46. The van der Waals surface area contributed by atoms with Crippen LogP contribution in [0, 0.1) is 17.8 Å². The van der Waals surface area contributed by atoms with Crippen molar-refractivity contribution < 1.29 is 28.8 Å². The predicted octanol–water partition coefficient (Wildman–Crippen LogP) is 4.22. The molecular weight excluding hydrogens is 386 g/mol. The molecule has 2 aliphatic rings. The monoisotopic (exact) mass is 425 g/mol. The van der Waals surface area contributed by atoms with Crippen LogP contribution in [-0.2, 0) is 28.8 Å². The van der Waals surface area contributed by atoms with Gasteiger partial charge < -0.3 is 9.47 Å². The molecule has 3 unspecified atom stereocenters. The molecular formula is C23H39NO6. The van der Waals surface area contributed by atoms with Gasteiger partial charge in [-0.05, 0) is 58.3 Å². The molecule has 7 heteroatoms. The Morgan fingerprint density at radius 2 is 1.60 bits per heavy atom. The van der Waals surface area contributed by atoms with Crippen LogP contribution in [0.5, 0.6) is 0 Å². The van der Waals surface area contributed by atoms with E-state index in [0.717, 1.165) is 12.8 Å². The van der Waals surface area contributed by atoms with E-state index in [1.807, 2.05) is 13.8 Å². The van der Waals surface area contributed by atoms with Crippen LogP contribution in [0.25, 0.3) is 0 Å². The number of hydrogen-bond acceptors (Lipinski definition) is 6. The van der Waals surface area contributed by atoms with Gasteiger partial charge >= 0.3 is 5.97 Å². The second kappa shape index (κ2) is 10.8. The molecule has 3 atom stereocenters. The van der Waals surface area contributed by atoms with E-state index in [2.05, 4.69) is 20.8 Å². The zero-order valence-electron chi connectivity index (χ0n) is 19.7. The average Bonchev–Trinajstić information content (AvgIpc) is 2.88. The average molecular weight is 426 g/mol. The summed E-state index contributed by atoms with van der Waals surface area (Å²) in [6.07, 6.45) is 3.33. The molecule has 0 bridgehead atoms. The standard InChI is InChI=1S/C23H39NO6/c1-8-27-23(28-9-2,12-13-24-21(25)17(6)18(7)22(24)26)30-29-20-14-16(5)10-11-19(20)15(3)4/h15-16,19-20H,8-14H2,1-7H3. The van der Waals surface area contributed by atoms with Crippen molar-refractivity contribution in [2.45, 2.75) is 86.2 Å². The fraction of sp³-hybridized carbons (Fsp3) is 0.826. The SMILES string of the molecule is CCOC(CCN1C(=O)C(C)=C(C)C1=O)(OCC)OOC1CC(C)CCC1C(C)C. The van der Waals surface area contributed by atoms with Crippen molar-refractivity contribution in [3.8, 4) is 0 Å². The Morgan fingerprint density at radius 1 is 1.03 bits per heavy atom. The predicted molar refractivity (Wildman–Crippen MR) is 113 cm³/mol. The molecule has 1 aliphatic heterocycles. The van der Waals surface area contributed by atoms with Gasteiger partial charge in [0, 0.05) is 30.9 Å². The summed E-state index contributed by atoms with van der Waals surface area (Å²) in [5.74, 6) is -0.562. The Kier molecular flexibility index (Phi) is 9.03. The van der Waals surface area contributed by atoms with Crippen molar-refractivity contribution in [3.63, 3.8) is 0 Å². The molecule has 0 aromatic carbocycles. The summed E-state index contributed by atoms with van der Waals surface area (Å²) in [6, 6.07) is 0. The molecule has 1 aliphatic carbocycles. The van der Waals surface area contributed by atoms with Gasteiger partial charge in [-0.3, -0.25) is 14.5 Å². The third kappa shape index (κ3) is 5.69. The molecule has 30 heavy (non-hydrogen) atoms. The molecule has 1 heterocycles. The van der Waals surface area contributed by atoms with Crippen LogP contribution in [0.2, 0.25) is 0 Å². The molecule has 7 nitrogen and oxygen atoms in total. The highest BCUT2D eigenvalue weighted by molar-refractivity contribution is 6.18. The number of amides is 2. The zero-order valence-corrected chi connectivity index (χ0v) is 19.7. The number of ether oxygens (including phenoxy) is 2. The lowest BCUT2D eigenvalue weighted by Crippen LogP contribution is -2.46. The normalized spacial score (nSPS) is 25.7. The van der Waals surface area contributed by atoms with Crippen molar-refractivity contribution in [3.05, 3.63) is 11.1 Å². The van der Waals surface area contributed by atoms with E-state index in [1.165, 1.54) is 11.3 Å². The van der Waals surface area contributed by atoms with E-state index in [-0.39, 0.29) is 30.9 Å². The molecule has 0 saturated heterocycles. The van der Waals surface area contributed by atoms with Crippen LogP contribution >= 0.6 is 0 Å². The molecule has 0 spiro atoms. The zero-order chi connectivity index (χ0) is 22.5. The van der Waals surface area contributed by atoms with Gasteiger partial charge in [0.15, 0.2) is 0 Å². The van der Waals surface area contributed by atoms with E-state index in [9.17, 15) is 9.59 Å². The Balaban J connectivity index is 2.10. The van der Waals surface area contributed by atoms with Crippen molar-refractivity contribution in [1.82, 2.24) is 4.90 Å². The third-order valence-electron chi connectivity index (χ3n) is 6.32. The van der Waals surface area contributed by atoms with Crippen LogP contribution in [0.15, 0.2) is 11.1 Å². The van der Waals surface area contributed by atoms with Gasteiger partial charge in [0.1, 0.15) is 0 Å². The number of carbonyl (C=O) groups excluding carboxylic acids is 2. The van der Waals surface area contributed by atoms with Crippen LogP contribution in [0.4, 0.5) is 0 Å². The Hall–Kier alpha value is -1.28. The lowest BCUT2D eigenvalue weighted by molar-refractivity contribution is -0.522. The second-order valence-corrected chi connectivity index (χ2v) is 8.86. The summed E-state index contributed by atoms with van der Waals surface area (Å²) >= 11 is 0. The number of nitrogens with zero attached hydrogens (tertiary/aromatic N) is 1. The van der Waals surface area contributed by atoms with Gasteiger partial charge in [-0.15, -0.1) is 0 Å². The van der Waals surface area contributed by atoms with Crippen molar-refractivity contribution >= 4 is 11.8 Å². The van der Waals surface area contributed by atoms with E-state index < -0.39 is 5.97 Å². The first-order valence-corrected chi connectivity index (χ1v) is 11.3. The number of imide groups is 1. The van der Waals surface area contributed by atoms with Crippen LogP contribution in [0.1, 0.15) is 74.1 Å². The molecule has 0 radical (unpaired) electrons. The summed E-state index contributed by atoms with van der Waals surface area (Å²) in [4.78, 5) is 37.9. The van der Waals surface area contributed by atoms with Gasteiger partial charge in [-0.2, -0.15) is 4.89 Å². The highest BCUT2D eigenvalue weighted by Crippen LogP contribution is 2.37.